The normalized spacial score (nSPS) is 33.8. The molecule has 0 spiro atoms. The third-order valence-corrected chi connectivity index (χ3v) is 2.32. The zero-order valence-electron chi connectivity index (χ0n) is 6.16. The predicted molar refractivity (Wildman–Crippen MR) is 41.0 cm³/mol. The molecule has 1 saturated heterocycles. The van der Waals surface area contributed by atoms with Crippen molar-refractivity contribution in [2.24, 2.45) is 0 Å². The van der Waals surface area contributed by atoms with Gasteiger partial charge in [-0.3, -0.25) is 4.90 Å². The first-order valence-electron chi connectivity index (χ1n) is 3.99. The van der Waals surface area contributed by atoms with Gasteiger partial charge in [0.05, 0.1) is 0 Å². The van der Waals surface area contributed by atoms with Gasteiger partial charge in [0.1, 0.15) is 0 Å². The zero-order valence-corrected chi connectivity index (χ0v) is 6.16. The fraction of sp³-hybridized carbons (Fsp3) is 0.750. The lowest BCUT2D eigenvalue weighted by Gasteiger charge is -2.21. The van der Waals surface area contributed by atoms with Crippen molar-refractivity contribution in [3.8, 4) is 0 Å². The Bertz CT molecular complexity index is 128. The largest absolute Gasteiger partial charge is 0.292 e. The van der Waals surface area contributed by atoms with Crippen molar-refractivity contribution in [1.82, 2.24) is 10.2 Å². The molecular formula is C8H13N2. The van der Waals surface area contributed by atoms with Crippen LogP contribution < -0.4 is 5.32 Å². The minimum absolute atomic E-state index is 0.759. The van der Waals surface area contributed by atoms with Gasteiger partial charge in [0.15, 0.2) is 0 Å². The molecule has 0 bridgehead atoms. The van der Waals surface area contributed by atoms with Crippen LogP contribution in [0.3, 0.4) is 0 Å². The third-order valence-electron chi connectivity index (χ3n) is 2.32. The highest BCUT2D eigenvalue weighted by molar-refractivity contribution is 4.98. The molecule has 1 atom stereocenters. The van der Waals surface area contributed by atoms with Gasteiger partial charge in [0.2, 0.25) is 0 Å². The molecule has 2 rings (SSSR count). The summed E-state index contributed by atoms with van der Waals surface area (Å²) in [6, 6.07) is 0.759. The van der Waals surface area contributed by atoms with Gasteiger partial charge in [-0.15, -0.1) is 0 Å². The summed E-state index contributed by atoms with van der Waals surface area (Å²) in [5.74, 6) is 0. The molecule has 0 unspecified atom stereocenters. The highest BCUT2D eigenvalue weighted by Crippen LogP contribution is 2.11. The van der Waals surface area contributed by atoms with Crippen molar-refractivity contribution < 1.29 is 0 Å². The molecular weight excluding hydrogens is 124 g/mol. The van der Waals surface area contributed by atoms with E-state index in [2.05, 4.69) is 22.4 Å². The average Bonchev–Trinajstić information content (AvgIpc) is 2.59. The first-order valence-corrected chi connectivity index (χ1v) is 3.99. The fourth-order valence-electron chi connectivity index (χ4n) is 1.66. The fourth-order valence-corrected chi connectivity index (χ4v) is 1.66. The third kappa shape index (κ3) is 1.09. The molecule has 0 N–H and O–H groups in total. The molecule has 0 aromatic heterocycles. The SMILES string of the molecule is C1=CCN([C@H]2CC[N]C2)C1. The van der Waals surface area contributed by atoms with Crippen molar-refractivity contribution in [1.29, 1.82) is 0 Å². The quantitative estimate of drug-likeness (QED) is 0.473. The molecule has 0 aromatic rings. The molecule has 0 saturated carbocycles. The minimum Gasteiger partial charge on any atom is -0.292 e. The molecule has 1 fully saturated rings. The van der Waals surface area contributed by atoms with Crippen molar-refractivity contribution >= 4 is 0 Å². The molecule has 2 aliphatic heterocycles. The maximum Gasteiger partial charge on any atom is 0.0290 e. The van der Waals surface area contributed by atoms with E-state index in [0.29, 0.717) is 0 Å². The Kier molecular flexibility index (Phi) is 1.74. The van der Waals surface area contributed by atoms with Crippen LogP contribution in [0.5, 0.6) is 0 Å². The predicted octanol–water partition coefficient (Wildman–Crippen LogP) is 0.235. The standard InChI is InChI=1S/C8H13N2/c1-2-6-10(5-1)8-3-4-9-7-8/h1-2,8H,3-7H2/t8-/m0/s1. The van der Waals surface area contributed by atoms with Gasteiger partial charge in [-0.25, -0.2) is 5.32 Å². The zero-order chi connectivity index (χ0) is 6.81. The van der Waals surface area contributed by atoms with Crippen molar-refractivity contribution in [2.75, 3.05) is 26.2 Å². The molecule has 0 aromatic carbocycles. The van der Waals surface area contributed by atoms with Crippen LogP contribution in [0.25, 0.3) is 0 Å². The van der Waals surface area contributed by atoms with E-state index in [-0.39, 0.29) is 0 Å². The van der Waals surface area contributed by atoms with Crippen molar-refractivity contribution in [2.45, 2.75) is 12.5 Å². The first-order chi connectivity index (χ1) is 4.97. The van der Waals surface area contributed by atoms with Crippen LogP contribution in [0.1, 0.15) is 6.42 Å². The molecule has 55 valence electrons. The second kappa shape index (κ2) is 2.72. The van der Waals surface area contributed by atoms with E-state index in [1.54, 1.807) is 0 Å². The molecule has 2 heteroatoms. The number of hydrogen-bond acceptors (Lipinski definition) is 1. The van der Waals surface area contributed by atoms with Gasteiger partial charge >= 0.3 is 0 Å². The van der Waals surface area contributed by atoms with Crippen LogP contribution in [0.2, 0.25) is 0 Å². The minimum atomic E-state index is 0.759. The summed E-state index contributed by atoms with van der Waals surface area (Å²) in [5, 5.41) is 4.34. The van der Waals surface area contributed by atoms with Gasteiger partial charge < -0.3 is 0 Å². The highest BCUT2D eigenvalue weighted by atomic mass is 15.2. The van der Waals surface area contributed by atoms with Gasteiger partial charge in [-0.2, -0.15) is 0 Å². The summed E-state index contributed by atoms with van der Waals surface area (Å²) < 4.78 is 0. The van der Waals surface area contributed by atoms with Crippen molar-refractivity contribution in [3.05, 3.63) is 12.2 Å². The molecule has 2 heterocycles. The Morgan fingerprint density at radius 2 is 2.10 bits per heavy atom. The summed E-state index contributed by atoms with van der Waals surface area (Å²) in [4.78, 5) is 2.50. The molecule has 0 aliphatic carbocycles. The maximum atomic E-state index is 4.34. The van der Waals surface area contributed by atoms with Crippen LogP contribution in [0.4, 0.5) is 0 Å². The van der Waals surface area contributed by atoms with Gasteiger partial charge in [-0.05, 0) is 6.42 Å². The number of nitrogens with zero attached hydrogens (tertiary/aromatic N) is 2. The summed E-state index contributed by atoms with van der Waals surface area (Å²) in [6.45, 7) is 4.46. The Balaban J connectivity index is 1.87. The van der Waals surface area contributed by atoms with Crippen molar-refractivity contribution in [3.63, 3.8) is 0 Å². The van der Waals surface area contributed by atoms with Gasteiger partial charge in [-0.1, -0.05) is 12.2 Å². The van der Waals surface area contributed by atoms with Crippen LogP contribution in [-0.2, 0) is 0 Å². The van der Waals surface area contributed by atoms with Crippen LogP contribution in [0, 0.1) is 0 Å². The van der Waals surface area contributed by atoms with Gasteiger partial charge in [0.25, 0.3) is 0 Å². The van der Waals surface area contributed by atoms with E-state index in [1.807, 2.05) is 0 Å². The Morgan fingerprint density at radius 1 is 1.30 bits per heavy atom. The van der Waals surface area contributed by atoms with E-state index in [4.69, 9.17) is 0 Å². The molecule has 0 amide bonds. The Morgan fingerprint density at radius 3 is 2.70 bits per heavy atom. The topological polar surface area (TPSA) is 17.3 Å². The average molecular weight is 137 g/mol. The summed E-state index contributed by atoms with van der Waals surface area (Å²) >= 11 is 0. The summed E-state index contributed by atoms with van der Waals surface area (Å²) in [6.07, 6.45) is 5.78. The second-order valence-electron chi connectivity index (χ2n) is 3.00. The lowest BCUT2D eigenvalue weighted by atomic mass is 10.2. The van der Waals surface area contributed by atoms with E-state index in [1.165, 1.54) is 6.42 Å². The smallest absolute Gasteiger partial charge is 0.0290 e. The maximum absolute atomic E-state index is 4.34. The highest BCUT2D eigenvalue weighted by Gasteiger charge is 2.22. The lowest BCUT2D eigenvalue weighted by Crippen LogP contribution is -2.33. The van der Waals surface area contributed by atoms with Crippen LogP contribution in [0.15, 0.2) is 12.2 Å². The monoisotopic (exact) mass is 137 g/mol. The molecule has 1 radical (unpaired) electrons. The number of rotatable bonds is 1. The van der Waals surface area contributed by atoms with E-state index in [9.17, 15) is 0 Å². The Labute approximate surface area is 61.9 Å². The number of hydrogen-bond donors (Lipinski definition) is 0. The Hall–Kier alpha value is -0.340. The first kappa shape index (κ1) is 6.38. The van der Waals surface area contributed by atoms with Gasteiger partial charge in [0, 0.05) is 32.2 Å². The second-order valence-corrected chi connectivity index (χ2v) is 3.00. The van der Waals surface area contributed by atoms with E-state index < -0.39 is 0 Å². The molecule has 10 heavy (non-hydrogen) atoms. The molecule has 2 aliphatic rings. The van der Waals surface area contributed by atoms with Crippen LogP contribution in [-0.4, -0.2) is 37.1 Å². The van der Waals surface area contributed by atoms with E-state index in [0.717, 1.165) is 32.2 Å². The lowest BCUT2D eigenvalue weighted by molar-refractivity contribution is 0.269. The summed E-state index contributed by atoms with van der Waals surface area (Å²) in [5.41, 5.74) is 0. The van der Waals surface area contributed by atoms with E-state index >= 15 is 0 Å². The van der Waals surface area contributed by atoms with Crippen LogP contribution >= 0.6 is 0 Å². The summed E-state index contributed by atoms with van der Waals surface area (Å²) in [7, 11) is 0. The molecule has 2 nitrogen and oxygen atoms in total.